The molecule has 2 unspecified atom stereocenters. The Morgan fingerprint density at radius 3 is 1.48 bits per heavy atom. The Bertz CT molecular complexity index is 1040. The van der Waals surface area contributed by atoms with Crippen LogP contribution in [0.4, 0.5) is 11.4 Å². The van der Waals surface area contributed by atoms with Crippen molar-refractivity contribution in [3.8, 4) is 12.1 Å². The van der Waals surface area contributed by atoms with Crippen LogP contribution in [0.5, 0.6) is 0 Å². The van der Waals surface area contributed by atoms with Gasteiger partial charge in [-0.25, -0.2) is 8.61 Å². The standard InChI is InChI=1S/C22H30N6O4S/c1-15(2)21(5,13-23)25-19(29)11-27-17-9-7-8-10-18(17)28(33(27,31)32)12-20(30)26-22(6,14-24)16(3)4/h7-10,15-16H,11-12H2,1-6H3,(H,25,29)(H,26,30). The molecule has 1 aromatic rings. The molecule has 178 valence electrons. The Morgan fingerprint density at radius 2 is 1.21 bits per heavy atom. The smallest absolute Gasteiger partial charge is 0.327 e. The van der Waals surface area contributed by atoms with Crippen molar-refractivity contribution in [1.29, 1.82) is 10.5 Å². The molecule has 0 aromatic heterocycles. The fourth-order valence-corrected chi connectivity index (χ4v) is 4.71. The largest absolute Gasteiger partial charge is 0.336 e. The lowest BCUT2D eigenvalue weighted by atomic mass is 9.90. The molecule has 1 aliphatic heterocycles. The number of carbonyl (C=O) groups is 2. The van der Waals surface area contributed by atoms with Gasteiger partial charge in [0.25, 0.3) is 0 Å². The first-order chi connectivity index (χ1) is 15.2. The van der Waals surface area contributed by atoms with E-state index in [0.29, 0.717) is 0 Å². The Balaban J connectivity index is 2.32. The van der Waals surface area contributed by atoms with Crippen LogP contribution in [-0.4, -0.2) is 44.4 Å². The van der Waals surface area contributed by atoms with Crippen LogP contribution in [0, 0.1) is 34.5 Å². The first-order valence-corrected chi connectivity index (χ1v) is 12.0. The van der Waals surface area contributed by atoms with Gasteiger partial charge >= 0.3 is 10.2 Å². The molecule has 0 fully saturated rings. The van der Waals surface area contributed by atoms with Gasteiger partial charge in [-0.2, -0.15) is 18.9 Å². The maximum Gasteiger partial charge on any atom is 0.327 e. The topological polar surface area (TPSA) is 146 Å². The Morgan fingerprint density at radius 1 is 0.879 bits per heavy atom. The summed E-state index contributed by atoms with van der Waals surface area (Å²) < 4.78 is 28.5. The highest BCUT2D eigenvalue weighted by molar-refractivity contribution is 7.94. The van der Waals surface area contributed by atoms with Crippen LogP contribution in [0.1, 0.15) is 41.5 Å². The number of fused-ring (bicyclic) bond motifs is 1. The zero-order valence-electron chi connectivity index (χ0n) is 19.7. The molecule has 2 rings (SSSR count). The van der Waals surface area contributed by atoms with Gasteiger partial charge in [0.05, 0.1) is 23.5 Å². The lowest BCUT2D eigenvalue weighted by Crippen LogP contribution is -2.54. The number of anilines is 2. The van der Waals surface area contributed by atoms with Gasteiger partial charge in [0.2, 0.25) is 11.8 Å². The third kappa shape index (κ3) is 5.04. The van der Waals surface area contributed by atoms with E-state index < -0.39 is 46.2 Å². The predicted molar refractivity (Wildman–Crippen MR) is 124 cm³/mol. The number of nitrogens with one attached hydrogen (secondary N) is 2. The van der Waals surface area contributed by atoms with E-state index in [9.17, 15) is 28.5 Å². The first-order valence-electron chi connectivity index (χ1n) is 10.6. The normalized spacial score (nSPS) is 18.0. The molecule has 1 heterocycles. The number of amides is 2. The Labute approximate surface area is 195 Å². The van der Waals surface area contributed by atoms with Gasteiger partial charge < -0.3 is 10.6 Å². The van der Waals surface area contributed by atoms with Crippen LogP contribution in [0.25, 0.3) is 0 Å². The number of benzene rings is 1. The van der Waals surface area contributed by atoms with E-state index in [2.05, 4.69) is 22.8 Å². The van der Waals surface area contributed by atoms with Crippen LogP contribution in [0.3, 0.4) is 0 Å². The number of para-hydroxylation sites is 2. The number of hydrogen-bond acceptors (Lipinski definition) is 6. The molecular weight excluding hydrogens is 444 g/mol. The van der Waals surface area contributed by atoms with Crippen molar-refractivity contribution in [2.45, 2.75) is 52.6 Å². The van der Waals surface area contributed by atoms with Crippen LogP contribution in [-0.2, 0) is 19.8 Å². The molecule has 0 saturated carbocycles. The fourth-order valence-electron chi connectivity index (χ4n) is 3.11. The van der Waals surface area contributed by atoms with E-state index in [-0.39, 0.29) is 23.2 Å². The van der Waals surface area contributed by atoms with E-state index in [1.54, 1.807) is 53.7 Å². The summed E-state index contributed by atoms with van der Waals surface area (Å²) in [4.78, 5) is 25.4. The minimum Gasteiger partial charge on any atom is -0.336 e. The number of rotatable bonds is 8. The zero-order valence-corrected chi connectivity index (χ0v) is 20.5. The Hall–Kier alpha value is -3.31. The summed E-state index contributed by atoms with van der Waals surface area (Å²) in [5.41, 5.74) is -1.85. The maximum atomic E-state index is 13.3. The van der Waals surface area contributed by atoms with Crippen molar-refractivity contribution < 1.29 is 18.0 Å². The minimum atomic E-state index is -4.26. The molecule has 0 spiro atoms. The second-order valence-corrected chi connectivity index (χ2v) is 10.8. The number of hydrogen-bond donors (Lipinski definition) is 2. The molecule has 2 N–H and O–H groups in total. The van der Waals surface area contributed by atoms with Crippen molar-refractivity contribution in [1.82, 2.24) is 10.6 Å². The van der Waals surface area contributed by atoms with Gasteiger partial charge in [-0.15, -0.1) is 0 Å². The Kier molecular flexibility index (Phi) is 7.30. The van der Waals surface area contributed by atoms with E-state index in [4.69, 9.17) is 0 Å². The van der Waals surface area contributed by atoms with E-state index in [0.717, 1.165) is 8.61 Å². The van der Waals surface area contributed by atoms with Gasteiger partial charge in [0.1, 0.15) is 24.2 Å². The molecule has 2 atom stereocenters. The third-order valence-electron chi connectivity index (χ3n) is 6.12. The first kappa shape index (κ1) is 25.9. The predicted octanol–water partition coefficient (Wildman–Crippen LogP) is 1.67. The average Bonchev–Trinajstić information content (AvgIpc) is 2.94. The summed E-state index contributed by atoms with van der Waals surface area (Å²) in [5, 5.41) is 24.1. The highest BCUT2D eigenvalue weighted by Crippen LogP contribution is 2.40. The van der Waals surface area contributed by atoms with Crippen LogP contribution >= 0.6 is 0 Å². The third-order valence-corrected chi connectivity index (χ3v) is 7.89. The SMILES string of the molecule is CC(C)C(C)(C#N)NC(=O)CN1c2ccccc2N(CC(=O)NC(C)(C#N)C(C)C)S1(=O)=O. The molecule has 0 bridgehead atoms. The molecule has 10 nitrogen and oxygen atoms in total. The van der Waals surface area contributed by atoms with Gasteiger partial charge in [-0.3, -0.25) is 9.59 Å². The molecule has 33 heavy (non-hydrogen) atoms. The molecule has 1 aliphatic rings. The van der Waals surface area contributed by atoms with Crippen molar-refractivity contribution in [3.63, 3.8) is 0 Å². The maximum absolute atomic E-state index is 13.3. The van der Waals surface area contributed by atoms with Crippen LogP contribution < -0.4 is 19.2 Å². The highest BCUT2D eigenvalue weighted by atomic mass is 32.2. The molecule has 2 amide bonds. The summed E-state index contributed by atoms with van der Waals surface area (Å²) in [5.74, 6) is -1.70. The zero-order chi connectivity index (χ0) is 25.2. The van der Waals surface area contributed by atoms with Gasteiger partial charge in [0, 0.05) is 0 Å². The molecular formula is C22H30N6O4S. The minimum absolute atomic E-state index is 0.204. The molecule has 0 saturated heterocycles. The molecule has 11 heteroatoms. The molecule has 0 radical (unpaired) electrons. The van der Waals surface area contributed by atoms with Crippen molar-refractivity contribution in [3.05, 3.63) is 24.3 Å². The van der Waals surface area contributed by atoms with E-state index in [1.807, 2.05) is 0 Å². The summed E-state index contributed by atoms with van der Waals surface area (Å²) in [7, 11) is -4.26. The van der Waals surface area contributed by atoms with Crippen LogP contribution in [0.15, 0.2) is 24.3 Å². The van der Waals surface area contributed by atoms with Gasteiger partial charge in [-0.1, -0.05) is 39.8 Å². The highest BCUT2D eigenvalue weighted by Gasteiger charge is 2.43. The summed E-state index contributed by atoms with van der Waals surface area (Å²) in [6.45, 7) is 9.14. The number of carbonyl (C=O) groups excluding carboxylic acids is 2. The number of nitrogens with zero attached hydrogens (tertiary/aromatic N) is 4. The van der Waals surface area contributed by atoms with Crippen molar-refractivity contribution in [2.75, 3.05) is 21.7 Å². The molecule has 0 aliphatic carbocycles. The van der Waals surface area contributed by atoms with Gasteiger partial charge in [-0.05, 0) is 37.8 Å². The monoisotopic (exact) mass is 474 g/mol. The van der Waals surface area contributed by atoms with Gasteiger partial charge in [0.15, 0.2) is 0 Å². The average molecular weight is 475 g/mol. The van der Waals surface area contributed by atoms with E-state index >= 15 is 0 Å². The lowest BCUT2D eigenvalue weighted by Gasteiger charge is -2.29. The van der Waals surface area contributed by atoms with E-state index in [1.165, 1.54) is 12.1 Å². The lowest BCUT2D eigenvalue weighted by molar-refractivity contribution is -0.122. The molecule has 1 aromatic carbocycles. The second kappa shape index (κ2) is 9.28. The quantitative estimate of drug-likeness (QED) is 0.586. The number of nitriles is 2. The summed E-state index contributed by atoms with van der Waals surface area (Å²) in [6.07, 6.45) is 0. The fraction of sp³-hybridized carbons (Fsp3) is 0.545. The van der Waals surface area contributed by atoms with Crippen molar-refractivity contribution >= 4 is 33.4 Å². The second-order valence-electron chi connectivity index (χ2n) is 9.04. The van der Waals surface area contributed by atoms with Crippen LogP contribution in [0.2, 0.25) is 0 Å². The summed E-state index contributed by atoms with van der Waals surface area (Å²) in [6, 6.07) is 10.4. The summed E-state index contributed by atoms with van der Waals surface area (Å²) >= 11 is 0. The van der Waals surface area contributed by atoms with Crippen molar-refractivity contribution in [2.24, 2.45) is 11.8 Å².